The molecule has 0 rings (SSSR count). The lowest BCUT2D eigenvalue weighted by Crippen LogP contribution is -2.31. The molecule has 4 heteroatoms. The summed E-state index contributed by atoms with van der Waals surface area (Å²) in [4.78, 5) is 0. The Balaban J connectivity index is 3.26. The second-order valence-corrected chi connectivity index (χ2v) is 3.97. The van der Waals surface area contributed by atoms with Crippen LogP contribution in [0, 0.1) is 0 Å². The van der Waals surface area contributed by atoms with E-state index < -0.39 is 0 Å². The fraction of sp³-hybridized carbons (Fsp3) is 1.00. The molecule has 0 saturated carbocycles. The smallest absolute Gasteiger partial charge is 0.0784 e. The van der Waals surface area contributed by atoms with E-state index in [-0.39, 0.29) is 12.2 Å². The summed E-state index contributed by atoms with van der Waals surface area (Å²) in [5, 5.41) is 3.35. The molecule has 4 nitrogen and oxygen atoms in total. The molecule has 1 N–H and O–H groups in total. The van der Waals surface area contributed by atoms with Crippen LogP contribution in [0.3, 0.4) is 0 Å². The standard InChI is InChI=1S/C12H27NO3/c1-5-15-8-6-7-13-9-11(2)16-12(3)10-14-4/h11-13H,5-10H2,1-4H3. The SMILES string of the molecule is CCOCCCNCC(C)OC(C)COC. The third-order valence-electron chi connectivity index (χ3n) is 2.14. The Kier molecular flexibility index (Phi) is 11.2. The van der Waals surface area contributed by atoms with Crippen LogP contribution in [0.15, 0.2) is 0 Å². The average Bonchev–Trinajstić information content (AvgIpc) is 2.23. The molecule has 2 atom stereocenters. The van der Waals surface area contributed by atoms with E-state index in [1.807, 2.05) is 13.8 Å². The van der Waals surface area contributed by atoms with Crippen LogP contribution < -0.4 is 5.32 Å². The second kappa shape index (κ2) is 11.3. The number of hydrogen-bond acceptors (Lipinski definition) is 4. The first-order chi connectivity index (χ1) is 7.70. The maximum absolute atomic E-state index is 5.70. The van der Waals surface area contributed by atoms with Gasteiger partial charge in [0.2, 0.25) is 0 Å². The fourth-order valence-electron chi connectivity index (χ4n) is 1.47. The van der Waals surface area contributed by atoms with Crippen molar-refractivity contribution in [3.05, 3.63) is 0 Å². The largest absolute Gasteiger partial charge is 0.382 e. The van der Waals surface area contributed by atoms with Gasteiger partial charge in [-0.1, -0.05) is 0 Å². The second-order valence-electron chi connectivity index (χ2n) is 3.97. The van der Waals surface area contributed by atoms with E-state index in [2.05, 4.69) is 12.2 Å². The Morgan fingerprint density at radius 3 is 2.56 bits per heavy atom. The molecule has 98 valence electrons. The number of nitrogens with one attached hydrogen (secondary N) is 1. The minimum Gasteiger partial charge on any atom is -0.382 e. The summed E-state index contributed by atoms with van der Waals surface area (Å²) in [6, 6.07) is 0. The van der Waals surface area contributed by atoms with Crippen molar-refractivity contribution >= 4 is 0 Å². The van der Waals surface area contributed by atoms with Crippen LogP contribution in [0.1, 0.15) is 27.2 Å². The number of methoxy groups -OCH3 is 1. The summed E-state index contributed by atoms with van der Waals surface area (Å²) in [5.41, 5.74) is 0. The van der Waals surface area contributed by atoms with Gasteiger partial charge in [-0.2, -0.15) is 0 Å². The van der Waals surface area contributed by atoms with Crippen molar-refractivity contribution in [1.82, 2.24) is 5.32 Å². The molecule has 0 fully saturated rings. The molecule has 0 aliphatic rings. The van der Waals surface area contributed by atoms with Crippen molar-refractivity contribution in [1.29, 1.82) is 0 Å². The van der Waals surface area contributed by atoms with Crippen molar-refractivity contribution in [3.8, 4) is 0 Å². The molecule has 0 aromatic rings. The predicted molar refractivity (Wildman–Crippen MR) is 65.9 cm³/mol. The summed E-state index contributed by atoms with van der Waals surface area (Å²) in [6.07, 6.45) is 1.43. The van der Waals surface area contributed by atoms with Gasteiger partial charge in [-0.05, 0) is 33.7 Å². The molecule has 0 aliphatic heterocycles. The van der Waals surface area contributed by atoms with Gasteiger partial charge in [0.25, 0.3) is 0 Å². The van der Waals surface area contributed by atoms with Crippen molar-refractivity contribution in [2.45, 2.75) is 39.4 Å². The molecular weight excluding hydrogens is 206 g/mol. The quantitative estimate of drug-likeness (QED) is 0.548. The Morgan fingerprint density at radius 2 is 1.94 bits per heavy atom. The number of ether oxygens (including phenoxy) is 3. The normalized spacial score (nSPS) is 15.0. The summed E-state index contributed by atoms with van der Waals surface area (Å²) in [6.45, 7) is 10.2. The zero-order valence-corrected chi connectivity index (χ0v) is 11.1. The zero-order chi connectivity index (χ0) is 12.2. The highest BCUT2D eigenvalue weighted by atomic mass is 16.5. The van der Waals surface area contributed by atoms with Crippen molar-refractivity contribution < 1.29 is 14.2 Å². The fourth-order valence-corrected chi connectivity index (χ4v) is 1.47. The van der Waals surface area contributed by atoms with Crippen LogP contribution >= 0.6 is 0 Å². The summed E-state index contributed by atoms with van der Waals surface area (Å²) < 4.78 is 16.0. The first-order valence-electron chi connectivity index (χ1n) is 6.13. The third-order valence-corrected chi connectivity index (χ3v) is 2.14. The van der Waals surface area contributed by atoms with Crippen molar-refractivity contribution in [2.24, 2.45) is 0 Å². The van der Waals surface area contributed by atoms with E-state index >= 15 is 0 Å². The van der Waals surface area contributed by atoms with Crippen LogP contribution in [0.25, 0.3) is 0 Å². The third kappa shape index (κ3) is 10.4. The van der Waals surface area contributed by atoms with E-state index in [1.54, 1.807) is 7.11 Å². The van der Waals surface area contributed by atoms with Crippen LogP contribution in [0.5, 0.6) is 0 Å². The van der Waals surface area contributed by atoms with Crippen LogP contribution in [-0.2, 0) is 14.2 Å². The molecule has 0 amide bonds. The summed E-state index contributed by atoms with van der Waals surface area (Å²) in [7, 11) is 1.69. The van der Waals surface area contributed by atoms with E-state index in [0.717, 1.165) is 32.7 Å². The minimum absolute atomic E-state index is 0.158. The molecule has 16 heavy (non-hydrogen) atoms. The van der Waals surface area contributed by atoms with Gasteiger partial charge in [0.1, 0.15) is 0 Å². The van der Waals surface area contributed by atoms with E-state index in [0.29, 0.717) is 6.61 Å². The molecule has 2 unspecified atom stereocenters. The van der Waals surface area contributed by atoms with E-state index in [4.69, 9.17) is 14.2 Å². The molecule has 0 bridgehead atoms. The maximum Gasteiger partial charge on any atom is 0.0784 e. The van der Waals surface area contributed by atoms with Crippen LogP contribution in [0.2, 0.25) is 0 Å². The summed E-state index contributed by atoms with van der Waals surface area (Å²) >= 11 is 0. The van der Waals surface area contributed by atoms with Gasteiger partial charge in [0, 0.05) is 26.9 Å². The monoisotopic (exact) mass is 233 g/mol. The molecule has 0 aromatic heterocycles. The lowest BCUT2D eigenvalue weighted by molar-refractivity contribution is -0.0300. The first-order valence-corrected chi connectivity index (χ1v) is 6.13. The zero-order valence-electron chi connectivity index (χ0n) is 11.1. The Labute approximate surface area is 99.6 Å². The Bertz CT molecular complexity index is 144. The molecule has 0 aromatic carbocycles. The predicted octanol–water partition coefficient (Wildman–Crippen LogP) is 1.44. The lowest BCUT2D eigenvalue weighted by atomic mass is 10.3. The van der Waals surface area contributed by atoms with Crippen LogP contribution in [-0.4, -0.2) is 52.2 Å². The van der Waals surface area contributed by atoms with E-state index in [1.165, 1.54) is 0 Å². The Hall–Kier alpha value is -0.160. The minimum atomic E-state index is 0.158. The molecular formula is C12H27NO3. The molecule has 0 saturated heterocycles. The highest BCUT2D eigenvalue weighted by molar-refractivity contribution is 4.58. The van der Waals surface area contributed by atoms with Crippen molar-refractivity contribution in [3.63, 3.8) is 0 Å². The molecule has 0 radical (unpaired) electrons. The Morgan fingerprint density at radius 1 is 1.19 bits per heavy atom. The topological polar surface area (TPSA) is 39.7 Å². The van der Waals surface area contributed by atoms with E-state index in [9.17, 15) is 0 Å². The lowest BCUT2D eigenvalue weighted by Gasteiger charge is -2.19. The van der Waals surface area contributed by atoms with Gasteiger partial charge in [0.15, 0.2) is 0 Å². The number of hydrogen-bond donors (Lipinski definition) is 1. The van der Waals surface area contributed by atoms with Gasteiger partial charge in [-0.15, -0.1) is 0 Å². The van der Waals surface area contributed by atoms with Gasteiger partial charge < -0.3 is 19.5 Å². The highest BCUT2D eigenvalue weighted by Gasteiger charge is 2.07. The van der Waals surface area contributed by atoms with Gasteiger partial charge in [-0.3, -0.25) is 0 Å². The average molecular weight is 233 g/mol. The highest BCUT2D eigenvalue weighted by Crippen LogP contribution is 1.97. The molecule has 0 aliphatic carbocycles. The van der Waals surface area contributed by atoms with Crippen molar-refractivity contribution in [2.75, 3.05) is 40.0 Å². The van der Waals surface area contributed by atoms with Crippen LogP contribution in [0.4, 0.5) is 0 Å². The maximum atomic E-state index is 5.70. The first kappa shape index (κ1) is 15.8. The molecule has 0 spiro atoms. The summed E-state index contributed by atoms with van der Waals surface area (Å²) in [5.74, 6) is 0. The van der Waals surface area contributed by atoms with Gasteiger partial charge in [-0.25, -0.2) is 0 Å². The number of rotatable bonds is 11. The molecule has 0 heterocycles. The van der Waals surface area contributed by atoms with Gasteiger partial charge >= 0.3 is 0 Å². The van der Waals surface area contributed by atoms with Gasteiger partial charge in [0.05, 0.1) is 18.8 Å².